The average Bonchev–Trinajstić information content (AvgIpc) is 0.748. The standard InChI is InChI=1S/C104H157N7O31PS2/c1-68-94(106-71(4)112)101(140-86(64-132-74(7)115)97(68)136-77(10)118)129-61-35-24-18-15-21-30-42-83(121)43-33-34-57-110(92(124)45-32-23-17-20-26-37-63-131-103-96(108-73(6)114)70(3)99(138-79(12)120)88(142-103)66-134-76(9)117)59-39-60-111(58-38-56-105-90(122)44-31-22-16-19-25-36-62-130-102-95(107-72(5)113)69(2)98(137-78(11)119)87(141-102)65-133-75(8)116)100(126)89(139-93(125)55-54-91(123)109-145(143)144)67-135-104(80-40-28-27-29-41-80,81-46-50-84(127-13)51-47-81)82-48-52-85(128-14)53-49-82/h27-29,40-41,46-53,68-70,86-89,94-99,101-103,143H,15-26,30-39,42-45,54-67H2,1-14H3,(H,105,122)(H,106,112)(H,107,113)(H,108,114)(H,109,123,144)/q-1/t68-,69-,70-,86?,87?,88?,89?,94?,95?,96?,97-,98-,99-,101-,102-,103-/m1/s1. The number of carbonyl (C=O) groups is 15. The molecule has 6 rings (SSSR count). The van der Waals surface area contributed by atoms with Gasteiger partial charge in [-0.25, -0.2) is 11.2 Å². The number of methoxy groups -OCH3 is 2. The fraction of sp³-hybridized carbons (Fsp3) is 0.683. The Balaban J connectivity index is 1.18. The molecule has 3 aromatic carbocycles. The van der Waals surface area contributed by atoms with Gasteiger partial charge >= 0.3 is 41.8 Å². The topological polar surface area (TPSA) is 470 Å². The highest BCUT2D eigenvalue weighted by Gasteiger charge is 2.51. The fourth-order valence-electron chi connectivity index (χ4n) is 18.0. The average molecular weight is 2100 g/mol. The summed E-state index contributed by atoms with van der Waals surface area (Å²) < 4.78 is 97.1. The quantitative estimate of drug-likeness (QED) is 0.00875. The molecule has 3 aromatic rings. The molecule has 0 aromatic heterocycles. The highest BCUT2D eigenvalue weighted by Crippen LogP contribution is 2.43. The van der Waals surface area contributed by atoms with E-state index in [2.05, 4.69) is 34.0 Å². The Hall–Kier alpha value is -9.90. The first-order chi connectivity index (χ1) is 69.3. The van der Waals surface area contributed by atoms with E-state index in [1.807, 2.05) is 54.6 Å². The molecule has 0 spiro atoms. The predicted molar refractivity (Wildman–Crippen MR) is 540 cm³/mol. The summed E-state index contributed by atoms with van der Waals surface area (Å²) in [5.74, 6) is -6.96. The van der Waals surface area contributed by atoms with Gasteiger partial charge < -0.3 is 112 Å². The number of carbonyl (C=O) groups excluding carboxylic acids is 15. The third-order valence-electron chi connectivity index (χ3n) is 25.3. The molecule has 3 heterocycles. The van der Waals surface area contributed by atoms with E-state index < -0.39 is 179 Å². The van der Waals surface area contributed by atoms with Gasteiger partial charge in [0.1, 0.15) is 79.3 Å². The van der Waals surface area contributed by atoms with Crippen LogP contribution in [0.15, 0.2) is 78.9 Å². The second-order valence-corrected chi connectivity index (χ2v) is 40.9. The number of ketones is 1. The van der Waals surface area contributed by atoms with Gasteiger partial charge in [0.2, 0.25) is 41.5 Å². The normalized spacial score (nSPS) is 20.9. The molecule has 3 aliphatic heterocycles. The third kappa shape index (κ3) is 45.8. The van der Waals surface area contributed by atoms with Crippen molar-refractivity contribution in [1.29, 1.82) is 0 Å². The lowest BCUT2D eigenvalue weighted by Gasteiger charge is -2.44. The van der Waals surface area contributed by atoms with Gasteiger partial charge in [-0.05, 0) is 105 Å². The number of unbranched alkanes of at least 4 members (excludes halogenated alkanes) is 16. The summed E-state index contributed by atoms with van der Waals surface area (Å²) in [5.41, 5.74) is 0.347. The van der Waals surface area contributed by atoms with Gasteiger partial charge in [0, 0.05) is 165 Å². The SMILES string of the molecule is COc1ccc(C(OCC(OC(=O)CCC(=O)N[S-](=P)=S)C(=O)N(CCCNC(=O)CCCCCCCCO[C@@H]2OC(COC(C)=O)[C@H](OC(C)=O)[C@H](C)C2NC(C)=O)CCCN(CCCCC(=O)CCCCCCCCO[C@@H]2OC(COC(C)=O)[C@H](OC(C)=O)[C@H](C)C2NC(C)=O)C(=O)CCCCCCCCO[C@@H]2OC(COC(C)=O)[C@H](OC(C)=O)[C@H](C)C2NC(C)=O)(c2ccccc2)c2ccc(OC)cc2)cc1. The van der Waals surface area contributed by atoms with Crippen molar-refractivity contribution in [2.24, 2.45) is 17.8 Å². The van der Waals surface area contributed by atoms with Gasteiger partial charge in [0.05, 0.1) is 45.4 Å². The van der Waals surface area contributed by atoms with Crippen molar-refractivity contribution in [3.05, 3.63) is 95.6 Å². The smallest absolute Gasteiger partial charge is 0.307 e. The Labute approximate surface area is 861 Å². The highest BCUT2D eigenvalue weighted by molar-refractivity contribution is 8.38. The Morgan fingerprint density at radius 2 is 0.766 bits per heavy atom. The zero-order chi connectivity index (χ0) is 106. The molecule has 5 N–H and O–H groups in total. The van der Waals surface area contributed by atoms with Crippen LogP contribution in [0.4, 0.5) is 0 Å². The molecule has 0 saturated carbocycles. The van der Waals surface area contributed by atoms with Crippen molar-refractivity contribution in [1.82, 2.24) is 35.8 Å². The second-order valence-electron chi connectivity index (χ2n) is 37.1. The number of Topliss-reactive ketones (excluding diaryl/α,β-unsaturated/α-hetero) is 1. The van der Waals surface area contributed by atoms with Crippen molar-refractivity contribution in [3.63, 3.8) is 0 Å². The van der Waals surface area contributed by atoms with E-state index in [0.29, 0.717) is 106 Å². The Morgan fingerprint density at radius 1 is 0.407 bits per heavy atom. The van der Waals surface area contributed by atoms with Gasteiger partial charge in [-0.2, -0.15) is 0 Å². The van der Waals surface area contributed by atoms with Crippen LogP contribution in [0.25, 0.3) is 0 Å². The third-order valence-corrected chi connectivity index (χ3v) is 26.3. The molecule has 7 amide bonds. The van der Waals surface area contributed by atoms with Crippen LogP contribution in [-0.2, 0) is 164 Å². The molecule has 812 valence electrons. The molecule has 0 radical (unpaired) electrons. The predicted octanol–water partition coefficient (Wildman–Crippen LogP) is 11.5. The molecule has 3 aliphatic rings. The van der Waals surface area contributed by atoms with Crippen molar-refractivity contribution in [3.8, 4) is 11.5 Å². The number of benzene rings is 3. The van der Waals surface area contributed by atoms with Crippen LogP contribution in [-0.4, -0.2) is 272 Å². The minimum atomic E-state index is -1.67. The summed E-state index contributed by atoms with van der Waals surface area (Å²) in [6.45, 7) is 17.4. The molecule has 0 aliphatic carbocycles. The van der Waals surface area contributed by atoms with E-state index in [4.69, 9.17) is 87.0 Å². The number of amides is 7. The van der Waals surface area contributed by atoms with Crippen molar-refractivity contribution in [2.45, 2.75) is 348 Å². The van der Waals surface area contributed by atoms with E-state index in [1.54, 1.807) is 69.1 Å². The number of nitrogens with one attached hydrogen (secondary N) is 5. The van der Waals surface area contributed by atoms with E-state index >= 15 is 4.79 Å². The monoisotopic (exact) mass is 2100 g/mol. The summed E-state index contributed by atoms with van der Waals surface area (Å²) in [6.07, 6.45) is 5.50. The van der Waals surface area contributed by atoms with Gasteiger partial charge in [-0.1, -0.05) is 152 Å². The number of rotatable bonds is 69. The summed E-state index contributed by atoms with van der Waals surface area (Å²) >= 11 is 5.17. The lowest BCUT2D eigenvalue weighted by Crippen LogP contribution is -2.62. The Kier molecular flexibility index (Phi) is 57.9. The van der Waals surface area contributed by atoms with Gasteiger partial charge in [0.25, 0.3) is 5.91 Å². The Morgan fingerprint density at radius 3 is 1.15 bits per heavy atom. The van der Waals surface area contributed by atoms with Crippen LogP contribution < -0.4 is 35.5 Å². The van der Waals surface area contributed by atoms with E-state index in [-0.39, 0.29) is 133 Å². The molecule has 41 heteroatoms. The number of ether oxygens (including phenoxy) is 16. The molecule has 7 unspecified atom stereocenters. The summed E-state index contributed by atoms with van der Waals surface area (Å²) in [5, 5.41) is 11.6. The molecule has 145 heavy (non-hydrogen) atoms. The second kappa shape index (κ2) is 67.9. The first-order valence-corrected chi connectivity index (χ1v) is 54.2. The van der Waals surface area contributed by atoms with Crippen LogP contribution >= 0.6 is 8.02 Å². The highest BCUT2D eigenvalue weighted by atomic mass is 32.9. The maximum absolute atomic E-state index is 16.0. The number of hydrogen-bond acceptors (Lipinski definition) is 33. The first-order valence-electron chi connectivity index (χ1n) is 50.8. The van der Waals surface area contributed by atoms with Crippen LogP contribution in [0, 0.1) is 17.8 Å². The lowest BCUT2D eigenvalue weighted by atomic mass is 9.80. The summed E-state index contributed by atoms with van der Waals surface area (Å²) in [6, 6.07) is 21.8. The number of nitrogens with zero attached hydrogens (tertiary/aromatic N) is 2. The molecule has 3 fully saturated rings. The van der Waals surface area contributed by atoms with Crippen molar-refractivity contribution < 1.29 is 148 Å². The Bertz CT molecular complexity index is 4550. The van der Waals surface area contributed by atoms with Crippen LogP contribution in [0.1, 0.15) is 280 Å². The largest absolute Gasteiger partial charge is 0.497 e. The van der Waals surface area contributed by atoms with Crippen molar-refractivity contribution >= 4 is 117 Å². The van der Waals surface area contributed by atoms with Gasteiger partial charge in [-0.3, -0.25) is 88.8 Å². The zero-order valence-corrected chi connectivity index (χ0v) is 89.5. The molecule has 16 atom stereocenters. The molecular weight excluding hydrogens is 1940 g/mol. The van der Waals surface area contributed by atoms with Gasteiger partial charge in [-0.15, -0.1) is 0 Å². The minimum Gasteiger partial charge on any atom is -0.497 e. The summed E-state index contributed by atoms with van der Waals surface area (Å²) in [4.78, 5) is 198. The summed E-state index contributed by atoms with van der Waals surface area (Å²) in [7, 11) is 5.21. The van der Waals surface area contributed by atoms with Crippen molar-refractivity contribution in [2.75, 3.05) is 93.2 Å². The zero-order valence-electron chi connectivity index (χ0n) is 86.9. The molecule has 3 saturated heterocycles. The van der Waals surface area contributed by atoms with E-state index in [1.165, 1.54) is 62.3 Å². The lowest BCUT2D eigenvalue weighted by molar-refractivity contribution is -0.262. The fourth-order valence-corrected chi connectivity index (χ4v) is 18.9. The van der Waals surface area contributed by atoms with Gasteiger partial charge in [0.15, 0.2) is 18.9 Å². The van der Waals surface area contributed by atoms with Crippen LogP contribution in [0.5, 0.6) is 11.5 Å². The molecule has 38 nitrogen and oxygen atoms in total. The number of esters is 7. The molecular formula is C104H157N7O31PS2-. The first kappa shape index (κ1) is 124. The maximum atomic E-state index is 16.0. The van der Waals surface area contributed by atoms with E-state index in [9.17, 15) is 67.1 Å². The van der Waals surface area contributed by atoms with E-state index in [0.717, 1.165) is 70.6 Å². The molecule has 0 bridgehead atoms. The van der Waals surface area contributed by atoms with Crippen LogP contribution in [0.3, 0.4) is 0 Å². The number of hydrogen-bond donors (Lipinski definition) is 5. The minimum absolute atomic E-state index is 0.0171. The van der Waals surface area contributed by atoms with Crippen LogP contribution in [0.2, 0.25) is 0 Å². The maximum Gasteiger partial charge on any atom is 0.307 e.